The molecule has 1 aromatic carbocycles. The summed E-state index contributed by atoms with van der Waals surface area (Å²) >= 11 is 11.8. The van der Waals surface area contributed by atoms with Crippen LogP contribution in [-0.4, -0.2) is 20.9 Å². The van der Waals surface area contributed by atoms with Crippen molar-refractivity contribution in [3.63, 3.8) is 0 Å². The summed E-state index contributed by atoms with van der Waals surface area (Å²) in [7, 11) is 1.66. The van der Waals surface area contributed by atoms with Gasteiger partial charge >= 0.3 is 5.97 Å². The maximum Gasteiger partial charge on any atom is 0.337 e. The minimum atomic E-state index is -1.07. The summed E-state index contributed by atoms with van der Waals surface area (Å²) in [5.41, 5.74) is 0.574. The van der Waals surface area contributed by atoms with Gasteiger partial charge in [-0.3, -0.25) is 4.68 Å². The van der Waals surface area contributed by atoms with Gasteiger partial charge in [0.2, 0.25) is 0 Å². The van der Waals surface area contributed by atoms with Crippen LogP contribution in [0.5, 0.6) is 0 Å². The van der Waals surface area contributed by atoms with Crippen molar-refractivity contribution in [1.29, 1.82) is 0 Å². The molecule has 1 heterocycles. The molecule has 0 spiro atoms. The first-order valence-corrected chi connectivity index (χ1v) is 4.82. The zero-order valence-corrected chi connectivity index (χ0v) is 9.17. The zero-order valence-electron chi connectivity index (χ0n) is 7.66. The predicted molar refractivity (Wildman–Crippen MR) is 57.7 cm³/mol. The lowest BCUT2D eigenvalue weighted by atomic mass is 10.1. The van der Waals surface area contributed by atoms with Gasteiger partial charge < -0.3 is 5.11 Å². The first-order chi connectivity index (χ1) is 7.02. The molecule has 0 unspecified atom stereocenters. The molecule has 2 aromatic rings. The number of hydrogen-bond donors (Lipinski definition) is 1. The van der Waals surface area contributed by atoms with E-state index in [1.54, 1.807) is 13.1 Å². The second-order valence-corrected chi connectivity index (χ2v) is 3.78. The number of aromatic nitrogens is 2. The van der Waals surface area contributed by atoms with Gasteiger partial charge in [0, 0.05) is 12.4 Å². The molecule has 0 saturated heterocycles. The van der Waals surface area contributed by atoms with Crippen LogP contribution in [0.1, 0.15) is 10.4 Å². The van der Waals surface area contributed by atoms with Gasteiger partial charge in [0.1, 0.15) is 0 Å². The number of benzene rings is 1. The third-order valence-corrected chi connectivity index (χ3v) is 2.79. The molecule has 0 atom stereocenters. The molecule has 15 heavy (non-hydrogen) atoms. The van der Waals surface area contributed by atoms with E-state index >= 15 is 0 Å². The number of fused-ring (bicyclic) bond motifs is 1. The minimum Gasteiger partial charge on any atom is -0.478 e. The zero-order chi connectivity index (χ0) is 11.2. The molecule has 1 aromatic heterocycles. The Morgan fingerprint density at radius 1 is 1.47 bits per heavy atom. The molecule has 1 N–H and O–H groups in total. The average Bonchev–Trinajstić information content (AvgIpc) is 2.43. The number of carboxylic acids is 1. The van der Waals surface area contributed by atoms with E-state index in [1.807, 2.05) is 0 Å². The van der Waals surface area contributed by atoms with E-state index in [-0.39, 0.29) is 10.6 Å². The standard InChI is InChI=1S/C9H6Cl2N2O2/c1-13-7-5(8(11)12-13)3-2-4(6(7)10)9(14)15/h2-3H,1H3,(H,14,15). The van der Waals surface area contributed by atoms with Crippen LogP contribution in [0.4, 0.5) is 0 Å². The van der Waals surface area contributed by atoms with Gasteiger partial charge in [0.15, 0.2) is 5.15 Å². The number of carbonyl (C=O) groups is 1. The molecular formula is C9H6Cl2N2O2. The van der Waals surface area contributed by atoms with Crippen LogP contribution in [0, 0.1) is 0 Å². The Morgan fingerprint density at radius 3 is 2.73 bits per heavy atom. The van der Waals surface area contributed by atoms with E-state index in [9.17, 15) is 4.79 Å². The van der Waals surface area contributed by atoms with Gasteiger partial charge in [-0.25, -0.2) is 4.79 Å². The van der Waals surface area contributed by atoms with Crippen molar-refractivity contribution in [3.8, 4) is 0 Å². The highest BCUT2D eigenvalue weighted by atomic mass is 35.5. The fourth-order valence-electron chi connectivity index (χ4n) is 1.45. The first kappa shape index (κ1) is 10.3. The summed E-state index contributed by atoms with van der Waals surface area (Å²) in [5.74, 6) is -1.07. The smallest absolute Gasteiger partial charge is 0.337 e. The van der Waals surface area contributed by atoms with Gasteiger partial charge in [0.25, 0.3) is 0 Å². The molecule has 4 nitrogen and oxygen atoms in total. The summed E-state index contributed by atoms with van der Waals surface area (Å²) in [6.07, 6.45) is 0. The highest BCUT2D eigenvalue weighted by Crippen LogP contribution is 2.31. The SMILES string of the molecule is Cn1nc(Cl)c2ccc(C(=O)O)c(Cl)c21. The Bertz CT molecular complexity index is 563. The summed E-state index contributed by atoms with van der Waals surface area (Å²) in [6.45, 7) is 0. The van der Waals surface area contributed by atoms with Gasteiger partial charge in [-0.05, 0) is 12.1 Å². The maximum atomic E-state index is 10.8. The molecule has 0 amide bonds. The average molecular weight is 245 g/mol. The molecule has 0 fully saturated rings. The van der Waals surface area contributed by atoms with Gasteiger partial charge in [-0.1, -0.05) is 23.2 Å². The van der Waals surface area contributed by atoms with Gasteiger partial charge in [-0.15, -0.1) is 0 Å². The third kappa shape index (κ3) is 1.46. The highest BCUT2D eigenvalue weighted by Gasteiger charge is 2.16. The molecule has 0 bridgehead atoms. The monoisotopic (exact) mass is 244 g/mol. The largest absolute Gasteiger partial charge is 0.478 e. The van der Waals surface area contributed by atoms with Crippen molar-refractivity contribution >= 4 is 40.1 Å². The van der Waals surface area contributed by atoms with Crippen molar-refractivity contribution in [3.05, 3.63) is 27.9 Å². The molecule has 0 radical (unpaired) electrons. The fourth-order valence-corrected chi connectivity index (χ4v) is 2.08. The van der Waals surface area contributed by atoms with E-state index in [0.717, 1.165) is 0 Å². The molecule has 0 aliphatic rings. The number of aryl methyl sites for hydroxylation is 1. The quantitative estimate of drug-likeness (QED) is 0.839. The highest BCUT2D eigenvalue weighted by molar-refractivity contribution is 6.40. The normalized spacial score (nSPS) is 10.9. The fraction of sp³-hybridized carbons (Fsp3) is 0.111. The lowest BCUT2D eigenvalue weighted by molar-refractivity contribution is 0.0697. The van der Waals surface area contributed by atoms with E-state index in [1.165, 1.54) is 10.7 Å². The lowest BCUT2D eigenvalue weighted by Crippen LogP contribution is -1.99. The number of rotatable bonds is 1. The van der Waals surface area contributed by atoms with Gasteiger partial charge in [-0.2, -0.15) is 5.10 Å². The molecule has 6 heteroatoms. The van der Waals surface area contributed by atoms with Gasteiger partial charge in [0.05, 0.1) is 16.1 Å². The summed E-state index contributed by atoms with van der Waals surface area (Å²) < 4.78 is 1.46. The summed E-state index contributed by atoms with van der Waals surface area (Å²) in [4.78, 5) is 10.8. The molecule has 2 rings (SSSR count). The number of aromatic carboxylic acids is 1. The Morgan fingerprint density at radius 2 is 2.13 bits per heavy atom. The number of nitrogens with zero attached hydrogens (tertiary/aromatic N) is 2. The van der Waals surface area contributed by atoms with Crippen LogP contribution in [0.15, 0.2) is 12.1 Å². The Balaban J connectivity index is 2.89. The van der Waals surface area contributed by atoms with E-state index in [0.29, 0.717) is 16.1 Å². The second-order valence-electron chi connectivity index (χ2n) is 3.04. The van der Waals surface area contributed by atoms with Crippen molar-refractivity contribution in [1.82, 2.24) is 9.78 Å². The van der Waals surface area contributed by atoms with Crippen molar-refractivity contribution < 1.29 is 9.90 Å². The molecular weight excluding hydrogens is 239 g/mol. The van der Waals surface area contributed by atoms with Crippen LogP contribution in [-0.2, 0) is 7.05 Å². The third-order valence-electron chi connectivity index (χ3n) is 2.13. The van der Waals surface area contributed by atoms with Crippen LogP contribution in [0.3, 0.4) is 0 Å². The van der Waals surface area contributed by atoms with Crippen LogP contribution >= 0.6 is 23.2 Å². The molecule has 0 aliphatic heterocycles. The maximum absolute atomic E-state index is 10.8. The van der Waals surface area contributed by atoms with E-state index < -0.39 is 5.97 Å². The first-order valence-electron chi connectivity index (χ1n) is 4.06. The van der Waals surface area contributed by atoms with Crippen LogP contribution < -0.4 is 0 Å². The molecule has 0 saturated carbocycles. The number of hydrogen-bond acceptors (Lipinski definition) is 2. The van der Waals surface area contributed by atoms with Crippen LogP contribution in [0.25, 0.3) is 10.9 Å². The lowest BCUT2D eigenvalue weighted by Gasteiger charge is -2.01. The minimum absolute atomic E-state index is 0.0452. The predicted octanol–water partition coefficient (Wildman–Crippen LogP) is 2.58. The molecule has 0 aliphatic carbocycles. The second kappa shape index (κ2) is 3.40. The van der Waals surface area contributed by atoms with E-state index in [4.69, 9.17) is 28.3 Å². The van der Waals surface area contributed by atoms with E-state index in [2.05, 4.69) is 5.10 Å². The number of carboxylic acid groups (broad SMARTS) is 1. The Labute approximate surface area is 95.0 Å². The summed E-state index contributed by atoms with van der Waals surface area (Å²) in [6, 6.07) is 3.01. The van der Waals surface area contributed by atoms with Crippen molar-refractivity contribution in [2.75, 3.05) is 0 Å². The summed E-state index contributed by atoms with van der Waals surface area (Å²) in [5, 5.41) is 13.9. The van der Waals surface area contributed by atoms with Crippen molar-refractivity contribution in [2.45, 2.75) is 0 Å². The Kier molecular flexibility index (Phi) is 2.32. The van der Waals surface area contributed by atoms with Crippen molar-refractivity contribution in [2.24, 2.45) is 7.05 Å². The Hall–Kier alpha value is -1.26. The molecule has 78 valence electrons. The number of halogens is 2. The topological polar surface area (TPSA) is 55.1 Å². The van der Waals surface area contributed by atoms with Crippen LogP contribution in [0.2, 0.25) is 10.2 Å².